The number of rotatable bonds is 4. The maximum Gasteiger partial charge on any atom is 0.339 e. The van der Waals surface area contributed by atoms with E-state index in [1.54, 1.807) is 56.6 Å². The Morgan fingerprint density at radius 1 is 1.05 bits per heavy atom. The van der Waals surface area contributed by atoms with Crippen LogP contribution in [0, 0.1) is 0 Å². The molecule has 0 aromatic heterocycles. The quantitative estimate of drug-likeness (QED) is 0.813. The molecule has 1 atom stereocenters. The van der Waals surface area contributed by atoms with Gasteiger partial charge in [0, 0.05) is 24.7 Å². The molecule has 0 bridgehead atoms. The summed E-state index contributed by atoms with van der Waals surface area (Å²) in [4.78, 5) is 25.9. The number of amides is 1. The van der Waals surface area contributed by atoms with Crippen LogP contribution in [0.25, 0.3) is 0 Å². The molecule has 2 aromatic rings. The summed E-state index contributed by atoms with van der Waals surface area (Å²) < 4.78 is 5.41. The molecule has 0 radical (unpaired) electrons. The van der Waals surface area contributed by atoms with Crippen molar-refractivity contribution in [3.8, 4) is 0 Å². The molecule has 4 nitrogen and oxygen atoms in total. The Morgan fingerprint density at radius 2 is 1.73 bits per heavy atom. The Morgan fingerprint density at radius 3 is 2.32 bits per heavy atom. The van der Waals surface area contributed by atoms with Crippen molar-refractivity contribution in [2.24, 2.45) is 0 Å². The minimum Gasteiger partial charge on any atom is -0.444 e. The zero-order chi connectivity index (χ0) is 16.1. The number of nitrogens with zero attached hydrogens (tertiary/aromatic N) is 1. The van der Waals surface area contributed by atoms with E-state index in [1.165, 1.54) is 11.0 Å². The van der Waals surface area contributed by atoms with Gasteiger partial charge in [-0.25, -0.2) is 4.79 Å². The van der Waals surface area contributed by atoms with Crippen LogP contribution in [-0.2, 0) is 9.53 Å². The van der Waals surface area contributed by atoms with E-state index in [0.717, 1.165) is 0 Å². The van der Waals surface area contributed by atoms with Crippen LogP contribution in [0.15, 0.2) is 54.6 Å². The largest absolute Gasteiger partial charge is 0.444 e. The summed E-state index contributed by atoms with van der Waals surface area (Å²) in [6, 6.07) is 15.3. The van der Waals surface area contributed by atoms with Gasteiger partial charge in [0.15, 0.2) is 0 Å². The Kier molecular flexibility index (Phi) is 5.17. The maximum absolute atomic E-state index is 12.3. The topological polar surface area (TPSA) is 46.6 Å². The van der Waals surface area contributed by atoms with Gasteiger partial charge in [-0.2, -0.15) is 0 Å². The zero-order valence-electron chi connectivity index (χ0n) is 12.3. The molecule has 2 rings (SSSR count). The van der Waals surface area contributed by atoms with Crippen molar-refractivity contribution in [2.45, 2.75) is 6.10 Å². The van der Waals surface area contributed by atoms with Gasteiger partial charge in [0.2, 0.25) is 6.10 Å². The Labute approximate surface area is 134 Å². The predicted octanol–water partition coefficient (Wildman–Crippen LogP) is 3.33. The molecule has 5 heteroatoms. The minimum atomic E-state index is -0.984. The molecule has 0 spiro atoms. The van der Waals surface area contributed by atoms with Gasteiger partial charge in [0.1, 0.15) is 0 Å². The molecule has 0 saturated carbocycles. The standard InChI is InChI=1S/C17H16ClNO3/c1-19(2)16(20)15(12-7-4-3-5-8-12)22-17(21)13-9-6-10-14(18)11-13/h3-11,15H,1-2H3/t15-/m0/s1. The first kappa shape index (κ1) is 16.0. The van der Waals surface area contributed by atoms with Gasteiger partial charge in [-0.3, -0.25) is 4.79 Å². The number of halogens is 1. The summed E-state index contributed by atoms with van der Waals surface area (Å²) in [7, 11) is 3.23. The number of hydrogen-bond donors (Lipinski definition) is 0. The van der Waals surface area contributed by atoms with E-state index < -0.39 is 12.1 Å². The van der Waals surface area contributed by atoms with Crippen LogP contribution in [0.2, 0.25) is 5.02 Å². The second-order valence-corrected chi connectivity index (χ2v) is 5.38. The Balaban J connectivity index is 2.27. The zero-order valence-corrected chi connectivity index (χ0v) is 13.1. The van der Waals surface area contributed by atoms with Crippen LogP contribution in [0.1, 0.15) is 22.0 Å². The summed E-state index contributed by atoms with van der Waals surface area (Å²) in [6.45, 7) is 0. The number of hydrogen-bond acceptors (Lipinski definition) is 3. The van der Waals surface area contributed by atoms with Gasteiger partial charge >= 0.3 is 5.97 Å². The SMILES string of the molecule is CN(C)C(=O)[C@@H](OC(=O)c1cccc(Cl)c1)c1ccccc1. The van der Waals surface area contributed by atoms with E-state index in [9.17, 15) is 9.59 Å². The number of carbonyl (C=O) groups is 2. The van der Waals surface area contributed by atoms with Crippen LogP contribution in [0.4, 0.5) is 0 Å². The van der Waals surface area contributed by atoms with Crippen molar-refractivity contribution in [2.75, 3.05) is 14.1 Å². The summed E-state index contributed by atoms with van der Waals surface area (Å²) >= 11 is 5.87. The molecule has 0 N–H and O–H groups in total. The number of ether oxygens (including phenoxy) is 1. The molecular weight excluding hydrogens is 302 g/mol. The van der Waals surface area contributed by atoms with Crippen molar-refractivity contribution < 1.29 is 14.3 Å². The second kappa shape index (κ2) is 7.09. The van der Waals surface area contributed by atoms with E-state index in [2.05, 4.69) is 0 Å². The van der Waals surface area contributed by atoms with E-state index in [4.69, 9.17) is 16.3 Å². The van der Waals surface area contributed by atoms with Gasteiger partial charge in [-0.05, 0) is 18.2 Å². The third kappa shape index (κ3) is 3.86. The van der Waals surface area contributed by atoms with Crippen molar-refractivity contribution in [1.82, 2.24) is 4.90 Å². The van der Waals surface area contributed by atoms with Crippen LogP contribution < -0.4 is 0 Å². The van der Waals surface area contributed by atoms with Gasteiger partial charge in [0.25, 0.3) is 5.91 Å². The number of carbonyl (C=O) groups excluding carboxylic acids is 2. The molecule has 22 heavy (non-hydrogen) atoms. The first-order chi connectivity index (χ1) is 10.5. The average molecular weight is 318 g/mol. The fourth-order valence-electron chi connectivity index (χ4n) is 1.91. The molecule has 0 heterocycles. The first-order valence-electron chi connectivity index (χ1n) is 6.71. The lowest BCUT2D eigenvalue weighted by atomic mass is 10.1. The van der Waals surface area contributed by atoms with E-state index in [1.807, 2.05) is 6.07 Å². The highest BCUT2D eigenvalue weighted by atomic mass is 35.5. The normalized spacial score (nSPS) is 11.6. The average Bonchev–Trinajstić information content (AvgIpc) is 2.52. The Bertz CT molecular complexity index is 671. The molecule has 1 amide bonds. The van der Waals surface area contributed by atoms with Gasteiger partial charge in [-0.1, -0.05) is 48.0 Å². The molecule has 0 aliphatic heterocycles. The van der Waals surface area contributed by atoms with Crippen molar-refractivity contribution >= 4 is 23.5 Å². The summed E-state index contributed by atoms with van der Waals surface area (Å²) in [6.07, 6.45) is -0.984. The third-order valence-electron chi connectivity index (χ3n) is 3.05. The van der Waals surface area contributed by atoms with Crippen molar-refractivity contribution in [1.29, 1.82) is 0 Å². The minimum absolute atomic E-state index is 0.304. The lowest BCUT2D eigenvalue weighted by molar-refractivity contribution is -0.138. The number of esters is 1. The molecule has 0 aliphatic carbocycles. The molecule has 2 aromatic carbocycles. The fraction of sp³-hybridized carbons (Fsp3) is 0.176. The predicted molar refractivity (Wildman–Crippen MR) is 84.7 cm³/mol. The lowest BCUT2D eigenvalue weighted by Crippen LogP contribution is -2.31. The van der Waals surface area contributed by atoms with Gasteiger partial charge in [0.05, 0.1) is 5.56 Å². The van der Waals surface area contributed by atoms with Gasteiger partial charge < -0.3 is 9.64 Å². The van der Waals surface area contributed by atoms with E-state index >= 15 is 0 Å². The molecule has 0 fully saturated rings. The highest BCUT2D eigenvalue weighted by Crippen LogP contribution is 2.22. The maximum atomic E-state index is 12.3. The van der Waals surface area contributed by atoms with Crippen LogP contribution >= 0.6 is 11.6 Å². The summed E-state index contributed by atoms with van der Waals surface area (Å²) in [5.74, 6) is -0.895. The van der Waals surface area contributed by atoms with Crippen LogP contribution in [0.5, 0.6) is 0 Å². The third-order valence-corrected chi connectivity index (χ3v) is 3.29. The summed E-state index contributed by atoms with van der Waals surface area (Å²) in [5, 5.41) is 0.435. The highest BCUT2D eigenvalue weighted by Gasteiger charge is 2.26. The second-order valence-electron chi connectivity index (χ2n) is 4.94. The van der Waals surface area contributed by atoms with E-state index in [-0.39, 0.29) is 5.91 Å². The summed E-state index contributed by atoms with van der Waals surface area (Å²) in [5.41, 5.74) is 0.927. The molecular formula is C17H16ClNO3. The molecule has 0 saturated heterocycles. The fourth-order valence-corrected chi connectivity index (χ4v) is 2.10. The monoisotopic (exact) mass is 317 g/mol. The molecule has 0 unspecified atom stereocenters. The van der Waals surface area contributed by atoms with Crippen molar-refractivity contribution in [3.63, 3.8) is 0 Å². The smallest absolute Gasteiger partial charge is 0.339 e. The Hall–Kier alpha value is -2.33. The first-order valence-corrected chi connectivity index (χ1v) is 7.09. The van der Waals surface area contributed by atoms with E-state index in [0.29, 0.717) is 16.1 Å². The number of likely N-dealkylation sites (N-methyl/N-ethyl adjacent to an activating group) is 1. The van der Waals surface area contributed by atoms with Gasteiger partial charge in [-0.15, -0.1) is 0 Å². The van der Waals surface area contributed by atoms with Crippen LogP contribution in [-0.4, -0.2) is 30.9 Å². The van der Waals surface area contributed by atoms with Crippen molar-refractivity contribution in [3.05, 3.63) is 70.7 Å². The number of benzene rings is 2. The molecule has 114 valence electrons. The highest BCUT2D eigenvalue weighted by molar-refractivity contribution is 6.30. The molecule has 0 aliphatic rings. The van der Waals surface area contributed by atoms with Crippen LogP contribution in [0.3, 0.4) is 0 Å². The lowest BCUT2D eigenvalue weighted by Gasteiger charge is -2.21.